The van der Waals surface area contributed by atoms with Gasteiger partial charge in [-0.05, 0) is 13.8 Å². The van der Waals surface area contributed by atoms with E-state index in [9.17, 15) is 0 Å². The summed E-state index contributed by atoms with van der Waals surface area (Å²) < 4.78 is 23.3. The molecule has 198 valence electrons. The normalized spacial score (nSPS) is 15.9. The second kappa shape index (κ2) is 11.5. The fourth-order valence-electron chi connectivity index (χ4n) is 4.39. The second-order valence-electron chi connectivity index (χ2n) is 9.11. The zero-order chi connectivity index (χ0) is 25.8. The lowest BCUT2D eigenvalue weighted by atomic mass is 10.2. The number of rotatable bonds is 10. The molecule has 0 spiro atoms. The van der Waals surface area contributed by atoms with Gasteiger partial charge in [-0.1, -0.05) is 11.6 Å². The molecule has 5 rings (SSSR count). The third-order valence-corrected chi connectivity index (χ3v) is 6.48. The summed E-state index contributed by atoms with van der Waals surface area (Å²) in [6.45, 7) is 10.1. The standard InChI is InChI=1S/C25H31ClN6O5/c1-16(2)37-20-12-17(34-10-8-32-5-3-31(4-6-32)7-9-33)11-19-21(20)24(29-14-28-19)30-22-18(26)13-27-25-23(22)35-15-36-25/h11-14,16,33H,3-10,15H2,1-2H3,(H,27,28,29,30). The average Bonchev–Trinajstić information content (AvgIpc) is 3.36. The number of aromatic nitrogens is 3. The molecule has 37 heavy (non-hydrogen) atoms. The van der Waals surface area contributed by atoms with Gasteiger partial charge in [-0.3, -0.25) is 9.80 Å². The van der Waals surface area contributed by atoms with E-state index in [0.29, 0.717) is 57.2 Å². The van der Waals surface area contributed by atoms with Crippen molar-refractivity contribution in [2.75, 3.05) is 64.6 Å². The summed E-state index contributed by atoms with van der Waals surface area (Å²) in [6.07, 6.45) is 2.91. The van der Waals surface area contributed by atoms with Gasteiger partial charge in [-0.15, -0.1) is 0 Å². The number of hydrogen-bond donors (Lipinski definition) is 2. The monoisotopic (exact) mass is 530 g/mol. The molecule has 11 nitrogen and oxygen atoms in total. The third kappa shape index (κ3) is 5.90. The summed E-state index contributed by atoms with van der Waals surface area (Å²) in [7, 11) is 0. The van der Waals surface area contributed by atoms with Gasteiger partial charge in [0.25, 0.3) is 5.88 Å². The smallest absolute Gasteiger partial charge is 0.262 e. The maximum atomic E-state index is 9.13. The molecular weight excluding hydrogens is 500 g/mol. The number of benzene rings is 1. The van der Waals surface area contributed by atoms with Crippen LogP contribution in [0.2, 0.25) is 5.02 Å². The van der Waals surface area contributed by atoms with E-state index in [0.717, 1.165) is 39.3 Å². The molecular formula is C25H31ClN6O5. The molecule has 0 saturated carbocycles. The van der Waals surface area contributed by atoms with E-state index in [1.54, 1.807) is 0 Å². The highest BCUT2D eigenvalue weighted by Gasteiger charge is 2.24. The van der Waals surface area contributed by atoms with Crippen LogP contribution in [0.25, 0.3) is 10.9 Å². The molecule has 2 aliphatic rings. The number of piperazine rings is 1. The van der Waals surface area contributed by atoms with Gasteiger partial charge < -0.3 is 29.4 Å². The molecule has 0 aliphatic carbocycles. The van der Waals surface area contributed by atoms with Crippen molar-refractivity contribution < 1.29 is 24.1 Å². The Morgan fingerprint density at radius 3 is 2.62 bits per heavy atom. The van der Waals surface area contributed by atoms with E-state index in [1.165, 1.54) is 12.5 Å². The molecule has 0 radical (unpaired) electrons. The third-order valence-electron chi connectivity index (χ3n) is 6.19. The highest BCUT2D eigenvalue weighted by Crippen LogP contribution is 2.44. The summed E-state index contributed by atoms with van der Waals surface area (Å²) in [4.78, 5) is 17.7. The van der Waals surface area contributed by atoms with Crippen LogP contribution in [-0.4, -0.2) is 95.2 Å². The van der Waals surface area contributed by atoms with Gasteiger partial charge in [0.1, 0.15) is 35.9 Å². The highest BCUT2D eigenvalue weighted by atomic mass is 35.5. The SMILES string of the molecule is CC(C)Oc1cc(OCCN2CCN(CCO)CC2)cc2ncnc(Nc3c(Cl)cnc4c3OCO4)c12. The van der Waals surface area contributed by atoms with Crippen molar-refractivity contribution in [2.24, 2.45) is 0 Å². The van der Waals surface area contributed by atoms with Crippen LogP contribution in [0.15, 0.2) is 24.7 Å². The van der Waals surface area contributed by atoms with Crippen LogP contribution in [0.4, 0.5) is 11.5 Å². The number of aliphatic hydroxyl groups excluding tert-OH is 1. The van der Waals surface area contributed by atoms with Crippen LogP contribution < -0.4 is 24.3 Å². The first-order valence-corrected chi connectivity index (χ1v) is 12.7. The van der Waals surface area contributed by atoms with Crippen LogP contribution in [0.1, 0.15) is 13.8 Å². The first-order valence-electron chi connectivity index (χ1n) is 12.4. The number of halogens is 1. The number of nitrogens with zero attached hydrogens (tertiary/aromatic N) is 5. The molecule has 0 unspecified atom stereocenters. The Hall–Kier alpha value is -3.12. The summed E-state index contributed by atoms with van der Waals surface area (Å²) in [5.41, 5.74) is 1.18. The lowest BCUT2D eigenvalue weighted by Crippen LogP contribution is -2.48. The molecule has 2 aliphatic heterocycles. The molecule has 1 aromatic carbocycles. The zero-order valence-corrected chi connectivity index (χ0v) is 21.7. The van der Waals surface area contributed by atoms with E-state index in [1.807, 2.05) is 26.0 Å². The van der Waals surface area contributed by atoms with Crippen LogP contribution in [0.5, 0.6) is 23.1 Å². The fraction of sp³-hybridized carbons (Fsp3) is 0.480. The summed E-state index contributed by atoms with van der Waals surface area (Å²) >= 11 is 6.43. The number of nitrogens with one attached hydrogen (secondary N) is 1. The van der Waals surface area contributed by atoms with Gasteiger partial charge in [0.05, 0.1) is 34.8 Å². The van der Waals surface area contributed by atoms with Gasteiger partial charge in [0.15, 0.2) is 0 Å². The zero-order valence-electron chi connectivity index (χ0n) is 20.9. The van der Waals surface area contributed by atoms with Crippen molar-refractivity contribution >= 4 is 34.0 Å². The van der Waals surface area contributed by atoms with Crippen LogP contribution in [0, 0.1) is 0 Å². The molecule has 4 heterocycles. The number of fused-ring (bicyclic) bond motifs is 2. The minimum Gasteiger partial charge on any atom is -0.492 e. The second-order valence-corrected chi connectivity index (χ2v) is 9.51. The number of β-amino-alcohol motifs (C(OH)–C–C–N with tert-alkyl or cyclic N) is 1. The molecule has 0 amide bonds. The molecule has 0 atom stereocenters. The summed E-state index contributed by atoms with van der Waals surface area (Å²) in [5.74, 6) is 2.59. The van der Waals surface area contributed by atoms with E-state index in [2.05, 4.69) is 30.1 Å². The molecule has 1 saturated heterocycles. The maximum Gasteiger partial charge on any atom is 0.262 e. The average molecular weight is 531 g/mol. The predicted octanol–water partition coefficient (Wildman–Crippen LogP) is 2.93. The van der Waals surface area contributed by atoms with Crippen molar-refractivity contribution in [3.05, 3.63) is 29.7 Å². The van der Waals surface area contributed by atoms with Gasteiger partial charge in [-0.2, -0.15) is 0 Å². The Labute approximate surface area is 220 Å². The van der Waals surface area contributed by atoms with E-state index >= 15 is 0 Å². The lowest BCUT2D eigenvalue weighted by molar-refractivity contribution is 0.102. The van der Waals surface area contributed by atoms with Crippen LogP contribution in [0.3, 0.4) is 0 Å². The van der Waals surface area contributed by atoms with Gasteiger partial charge in [0, 0.05) is 51.4 Å². The summed E-state index contributed by atoms with van der Waals surface area (Å²) in [5, 5.41) is 13.5. The van der Waals surface area contributed by atoms with E-state index < -0.39 is 0 Å². The van der Waals surface area contributed by atoms with Crippen molar-refractivity contribution in [2.45, 2.75) is 20.0 Å². The van der Waals surface area contributed by atoms with Gasteiger partial charge >= 0.3 is 0 Å². The van der Waals surface area contributed by atoms with Crippen molar-refractivity contribution in [1.29, 1.82) is 0 Å². The largest absolute Gasteiger partial charge is 0.492 e. The predicted molar refractivity (Wildman–Crippen MR) is 139 cm³/mol. The summed E-state index contributed by atoms with van der Waals surface area (Å²) in [6, 6.07) is 3.75. The van der Waals surface area contributed by atoms with Crippen molar-refractivity contribution in [3.63, 3.8) is 0 Å². The molecule has 12 heteroatoms. The van der Waals surface area contributed by atoms with Gasteiger partial charge in [-0.25, -0.2) is 15.0 Å². The number of hydrogen-bond acceptors (Lipinski definition) is 11. The number of anilines is 2. The fourth-order valence-corrected chi connectivity index (χ4v) is 4.58. The number of ether oxygens (including phenoxy) is 4. The molecule has 2 aromatic heterocycles. The lowest BCUT2D eigenvalue weighted by Gasteiger charge is -2.34. The van der Waals surface area contributed by atoms with Crippen LogP contribution in [-0.2, 0) is 0 Å². The first-order chi connectivity index (χ1) is 18.0. The Morgan fingerprint density at radius 2 is 1.86 bits per heavy atom. The quantitative estimate of drug-likeness (QED) is 0.403. The Morgan fingerprint density at radius 1 is 1.08 bits per heavy atom. The highest BCUT2D eigenvalue weighted by molar-refractivity contribution is 6.33. The van der Waals surface area contributed by atoms with Crippen LogP contribution >= 0.6 is 11.6 Å². The van der Waals surface area contributed by atoms with Crippen molar-refractivity contribution in [3.8, 4) is 23.1 Å². The maximum absolute atomic E-state index is 9.13. The number of pyridine rings is 1. The van der Waals surface area contributed by atoms with Gasteiger partial charge in [0.2, 0.25) is 12.5 Å². The molecule has 3 aromatic rings. The Bertz CT molecular complexity index is 1240. The Balaban J connectivity index is 1.36. The topological polar surface area (TPSA) is 114 Å². The number of aliphatic hydroxyl groups is 1. The molecule has 1 fully saturated rings. The minimum atomic E-state index is -0.0767. The van der Waals surface area contributed by atoms with Crippen molar-refractivity contribution in [1.82, 2.24) is 24.8 Å². The first kappa shape index (κ1) is 25.5. The Kier molecular flexibility index (Phi) is 7.94. The molecule has 2 N–H and O–H groups in total. The minimum absolute atomic E-state index is 0.0721. The van der Waals surface area contributed by atoms with E-state index in [-0.39, 0.29) is 19.5 Å². The molecule has 0 bridgehead atoms. The van der Waals surface area contributed by atoms with E-state index in [4.69, 9.17) is 35.7 Å².